The molecule has 4 rings (SSSR count). The average Bonchev–Trinajstić information content (AvgIpc) is 3.35. The summed E-state index contributed by atoms with van der Waals surface area (Å²) in [5, 5.41) is 23.2. The van der Waals surface area contributed by atoms with Crippen molar-refractivity contribution in [1.82, 2.24) is 4.98 Å². The van der Waals surface area contributed by atoms with Gasteiger partial charge in [0.25, 0.3) is 0 Å². The summed E-state index contributed by atoms with van der Waals surface area (Å²) in [6.45, 7) is 7.58. The van der Waals surface area contributed by atoms with Crippen LogP contribution in [0.15, 0.2) is 18.2 Å². The van der Waals surface area contributed by atoms with E-state index < -0.39 is 35.6 Å². The summed E-state index contributed by atoms with van der Waals surface area (Å²) in [5.74, 6) is 0.772. The molecule has 0 unspecified atom stereocenters. The Bertz CT molecular complexity index is 1270. The molecule has 40 heavy (non-hydrogen) atoms. The van der Waals surface area contributed by atoms with Gasteiger partial charge in [0.05, 0.1) is 46.0 Å². The quantitative estimate of drug-likeness (QED) is 0.279. The van der Waals surface area contributed by atoms with Crippen molar-refractivity contribution in [1.29, 1.82) is 0 Å². The number of terminal acetylenes is 1. The lowest BCUT2D eigenvalue weighted by Crippen LogP contribution is -2.46. The van der Waals surface area contributed by atoms with Gasteiger partial charge in [-0.3, -0.25) is 9.59 Å². The Morgan fingerprint density at radius 2 is 2.00 bits per heavy atom. The summed E-state index contributed by atoms with van der Waals surface area (Å²) in [4.78, 5) is 31.5. The van der Waals surface area contributed by atoms with Gasteiger partial charge in [0.1, 0.15) is 16.9 Å². The number of esters is 1. The second kappa shape index (κ2) is 12.3. The Labute approximate surface area is 240 Å². The first-order valence-electron chi connectivity index (χ1n) is 14.2. The smallest absolute Gasteiger partial charge is 0.309 e. The number of cyclic esters (lactones) is 1. The molecule has 1 aromatic carbocycles. The average molecular weight is 571 g/mol. The summed E-state index contributed by atoms with van der Waals surface area (Å²) in [5.41, 5.74) is 5.72. The van der Waals surface area contributed by atoms with Gasteiger partial charge in [-0.25, -0.2) is 4.98 Å². The molecule has 218 valence electrons. The van der Waals surface area contributed by atoms with Crippen LogP contribution in [0.3, 0.4) is 0 Å². The molecule has 4 N–H and O–H groups in total. The van der Waals surface area contributed by atoms with Crippen molar-refractivity contribution in [3.8, 4) is 12.3 Å². The molecule has 2 aliphatic heterocycles. The zero-order chi connectivity index (χ0) is 29.2. The third kappa shape index (κ3) is 6.58. The number of aliphatic hydroxyl groups is 2. The van der Waals surface area contributed by atoms with Crippen molar-refractivity contribution < 1.29 is 29.3 Å². The Morgan fingerprint density at radius 1 is 1.25 bits per heavy atom. The van der Waals surface area contributed by atoms with E-state index in [4.69, 9.17) is 21.6 Å². The van der Waals surface area contributed by atoms with E-state index in [0.717, 1.165) is 40.1 Å². The van der Waals surface area contributed by atoms with Crippen molar-refractivity contribution in [2.75, 3.05) is 0 Å². The predicted octanol–water partition coefficient (Wildman–Crippen LogP) is 4.44. The van der Waals surface area contributed by atoms with Crippen molar-refractivity contribution in [3.05, 3.63) is 28.8 Å². The number of thiazole rings is 1. The maximum absolute atomic E-state index is 13.7. The lowest BCUT2D eigenvalue weighted by atomic mass is 9.71. The molecule has 8 nitrogen and oxygen atoms in total. The number of aliphatic hydroxyl groups excluding tert-OH is 2. The van der Waals surface area contributed by atoms with Crippen LogP contribution in [0.1, 0.15) is 89.3 Å². The Kier molecular flexibility index (Phi) is 9.38. The number of fused-ring (bicyclic) bond motifs is 2. The van der Waals surface area contributed by atoms with Crippen LogP contribution in [0, 0.1) is 29.6 Å². The topological polar surface area (TPSA) is 135 Å². The van der Waals surface area contributed by atoms with E-state index in [9.17, 15) is 19.8 Å². The molecule has 0 radical (unpaired) electrons. The number of carbonyl (C=O) groups is 2. The molecule has 2 fully saturated rings. The highest BCUT2D eigenvalue weighted by atomic mass is 32.1. The number of rotatable bonds is 4. The normalized spacial score (nSPS) is 33.6. The molecule has 3 heterocycles. The summed E-state index contributed by atoms with van der Waals surface area (Å²) in [6, 6.07) is 5.81. The third-order valence-corrected chi connectivity index (χ3v) is 9.89. The fourth-order valence-corrected chi connectivity index (χ4v) is 6.66. The van der Waals surface area contributed by atoms with Crippen LogP contribution in [0.25, 0.3) is 10.2 Å². The summed E-state index contributed by atoms with van der Waals surface area (Å²) >= 11 is 1.53. The zero-order valence-corrected chi connectivity index (χ0v) is 24.7. The fraction of sp³-hybridized carbons (Fsp3) is 0.645. The van der Waals surface area contributed by atoms with Crippen molar-refractivity contribution in [3.63, 3.8) is 0 Å². The van der Waals surface area contributed by atoms with Gasteiger partial charge in [0.2, 0.25) is 0 Å². The molecular formula is C31H42N2O6S. The lowest BCUT2D eigenvalue weighted by molar-refractivity contribution is -0.156. The van der Waals surface area contributed by atoms with E-state index in [0.29, 0.717) is 25.8 Å². The van der Waals surface area contributed by atoms with Gasteiger partial charge in [-0.15, -0.1) is 23.7 Å². The minimum absolute atomic E-state index is 0.101. The van der Waals surface area contributed by atoms with Crippen LogP contribution < -0.4 is 5.73 Å². The summed E-state index contributed by atoms with van der Waals surface area (Å²) in [6.07, 6.45) is 5.65. The van der Waals surface area contributed by atoms with Crippen LogP contribution in [-0.4, -0.2) is 50.9 Å². The van der Waals surface area contributed by atoms with E-state index >= 15 is 0 Å². The van der Waals surface area contributed by atoms with E-state index in [1.54, 1.807) is 13.8 Å². The standard InChI is InChI=1S/C31H42N2O6S/c1-6-7-10-20-28(36)18(2)9-8-13-31(5)25(39-31)15-22(38-27(35)16-24(34)30(3,4)29(20)37)19-11-12-23-21(14-19)33-26(17-32)40-23/h1,11-12,14,18,20,22,24-25,28,34,36H,7-10,13,15-17,32H2,2-5H3/t18-,20+,22-,24-,25-,28-,31+/m0/s1. The van der Waals surface area contributed by atoms with E-state index in [1.165, 1.54) is 11.3 Å². The molecule has 0 spiro atoms. The number of ether oxygens (including phenoxy) is 2. The summed E-state index contributed by atoms with van der Waals surface area (Å²) in [7, 11) is 0. The number of ketones is 1. The molecule has 0 amide bonds. The van der Waals surface area contributed by atoms with Gasteiger partial charge >= 0.3 is 5.97 Å². The number of epoxide rings is 1. The van der Waals surface area contributed by atoms with Crippen LogP contribution in [0.2, 0.25) is 0 Å². The number of carbonyl (C=O) groups excluding carboxylic acids is 2. The number of hydrogen-bond donors (Lipinski definition) is 3. The second-order valence-electron chi connectivity index (χ2n) is 12.2. The third-order valence-electron chi connectivity index (χ3n) is 8.83. The van der Waals surface area contributed by atoms with Crippen molar-refractivity contribution >= 4 is 33.3 Å². The first-order valence-corrected chi connectivity index (χ1v) is 15.0. The molecule has 0 saturated carbocycles. The molecule has 0 bridgehead atoms. The Hall–Kier alpha value is -2.35. The minimum Gasteiger partial charge on any atom is -0.457 e. The van der Waals surface area contributed by atoms with E-state index in [-0.39, 0.29) is 29.8 Å². The SMILES string of the molecule is C#CCC[C@H]1C(=O)C(C)(C)[C@@H](O)CC(=O)O[C@H](c2ccc3sc(CN)nc3c2)C[C@@H]2O[C@]2(C)CCC[C@H](C)[C@@H]1O. The minimum atomic E-state index is -1.30. The van der Waals surface area contributed by atoms with Crippen LogP contribution in [0.5, 0.6) is 0 Å². The van der Waals surface area contributed by atoms with Gasteiger partial charge < -0.3 is 25.4 Å². The summed E-state index contributed by atoms with van der Waals surface area (Å²) < 4.78 is 13.1. The molecule has 0 aliphatic carbocycles. The number of hydrogen-bond acceptors (Lipinski definition) is 9. The number of benzene rings is 1. The van der Waals surface area contributed by atoms with E-state index in [1.807, 2.05) is 25.1 Å². The van der Waals surface area contributed by atoms with Crippen LogP contribution >= 0.6 is 11.3 Å². The number of nitrogens with two attached hydrogens (primary N) is 1. The highest BCUT2D eigenvalue weighted by Crippen LogP contribution is 2.47. The predicted molar refractivity (Wildman–Crippen MR) is 154 cm³/mol. The number of nitrogens with zero attached hydrogens (tertiary/aromatic N) is 1. The molecule has 1 aromatic heterocycles. The zero-order valence-electron chi connectivity index (χ0n) is 23.9. The Balaban J connectivity index is 1.63. The van der Waals surface area contributed by atoms with Gasteiger partial charge in [-0.1, -0.05) is 33.3 Å². The van der Waals surface area contributed by atoms with Crippen molar-refractivity contribution in [2.24, 2.45) is 23.0 Å². The van der Waals surface area contributed by atoms with Gasteiger partial charge in [0.15, 0.2) is 0 Å². The molecule has 2 aliphatic rings. The van der Waals surface area contributed by atoms with Gasteiger partial charge in [0, 0.05) is 25.3 Å². The Morgan fingerprint density at radius 3 is 2.70 bits per heavy atom. The van der Waals surface area contributed by atoms with Crippen LogP contribution in [-0.2, 0) is 25.6 Å². The first kappa shape index (κ1) is 30.6. The number of Topliss-reactive ketones (excluding diaryl/α,β-unsaturated/α-hetero) is 1. The highest BCUT2D eigenvalue weighted by molar-refractivity contribution is 7.18. The van der Waals surface area contributed by atoms with Crippen LogP contribution in [0.4, 0.5) is 0 Å². The maximum atomic E-state index is 13.7. The van der Waals surface area contributed by atoms with Crippen molar-refractivity contribution in [2.45, 2.75) is 109 Å². The lowest BCUT2D eigenvalue weighted by Gasteiger charge is -2.36. The largest absolute Gasteiger partial charge is 0.457 e. The first-order chi connectivity index (χ1) is 18.9. The van der Waals surface area contributed by atoms with Gasteiger partial charge in [-0.2, -0.15) is 0 Å². The van der Waals surface area contributed by atoms with E-state index in [2.05, 4.69) is 17.8 Å². The molecule has 9 heteroatoms. The molecule has 7 atom stereocenters. The number of aromatic nitrogens is 1. The maximum Gasteiger partial charge on any atom is 0.309 e. The molecule has 2 aromatic rings. The molecule has 2 saturated heterocycles. The fourth-order valence-electron chi connectivity index (χ4n) is 5.83. The highest BCUT2D eigenvalue weighted by Gasteiger charge is 2.53. The monoisotopic (exact) mass is 570 g/mol. The second-order valence-corrected chi connectivity index (χ2v) is 13.3. The van der Waals surface area contributed by atoms with Gasteiger partial charge in [-0.05, 0) is 49.8 Å². The molecular weight excluding hydrogens is 528 g/mol.